The minimum absolute atomic E-state index is 0.0837. The second-order valence-electron chi connectivity index (χ2n) is 6.48. The number of aromatic nitrogens is 1. The standard InChI is InChI=1S/C20H20ClNO3S/c21-17-12-18(23)16(6-4-13-8-10-22-11-9-13)15(17)3-1-2-14-5-7-19(26-14)20(24)25/h5,7-11,15-18,23H,1-3,12H2,(H,24,25)/t15-,16-,17-,18-/m1/s1. The summed E-state index contributed by atoms with van der Waals surface area (Å²) in [7, 11) is 0. The minimum Gasteiger partial charge on any atom is -0.477 e. The highest BCUT2D eigenvalue weighted by Gasteiger charge is 2.40. The van der Waals surface area contributed by atoms with Gasteiger partial charge in [0.2, 0.25) is 0 Å². The number of carboxylic acid groups (broad SMARTS) is 1. The highest BCUT2D eigenvalue weighted by molar-refractivity contribution is 7.13. The molecule has 0 radical (unpaired) electrons. The SMILES string of the molecule is O=C(O)c1ccc(CCC[C@@H]2[C@@H](C#Cc3ccncc3)[C@H](O)C[C@H]2Cl)s1. The summed E-state index contributed by atoms with van der Waals surface area (Å²) in [5, 5.41) is 19.2. The van der Waals surface area contributed by atoms with Gasteiger partial charge in [0.25, 0.3) is 0 Å². The van der Waals surface area contributed by atoms with Crippen molar-refractivity contribution < 1.29 is 15.0 Å². The maximum atomic E-state index is 11.0. The van der Waals surface area contributed by atoms with Gasteiger partial charge in [-0.05, 0) is 55.9 Å². The summed E-state index contributed by atoms with van der Waals surface area (Å²) in [5.74, 6) is 5.45. The minimum atomic E-state index is -0.882. The van der Waals surface area contributed by atoms with Crippen molar-refractivity contribution in [3.05, 3.63) is 52.0 Å². The Bertz CT molecular complexity index is 811. The van der Waals surface area contributed by atoms with Gasteiger partial charge in [0, 0.05) is 28.2 Å². The molecule has 26 heavy (non-hydrogen) atoms. The number of alkyl halides is 1. The van der Waals surface area contributed by atoms with Crippen LogP contribution >= 0.6 is 22.9 Å². The lowest BCUT2D eigenvalue weighted by Gasteiger charge is -2.18. The van der Waals surface area contributed by atoms with Crippen LogP contribution in [0.15, 0.2) is 36.7 Å². The van der Waals surface area contributed by atoms with Crippen LogP contribution in [0.2, 0.25) is 0 Å². The van der Waals surface area contributed by atoms with Crippen molar-refractivity contribution in [1.29, 1.82) is 0 Å². The number of aryl methyl sites for hydroxylation is 1. The molecule has 3 rings (SSSR count). The Kier molecular flexibility index (Phi) is 6.31. The van der Waals surface area contributed by atoms with E-state index in [1.165, 1.54) is 11.3 Å². The van der Waals surface area contributed by atoms with Crippen molar-refractivity contribution in [3.8, 4) is 11.8 Å². The first-order chi connectivity index (χ1) is 12.5. The van der Waals surface area contributed by atoms with E-state index in [0.717, 1.165) is 29.7 Å². The molecule has 0 spiro atoms. The number of aliphatic hydroxyl groups excluding tert-OH is 1. The molecule has 2 N–H and O–H groups in total. The van der Waals surface area contributed by atoms with Crippen LogP contribution in [0.4, 0.5) is 0 Å². The fraction of sp³-hybridized carbons (Fsp3) is 0.400. The second kappa shape index (κ2) is 8.68. The zero-order valence-electron chi connectivity index (χ0n) is 14.1. The van der Waals surface area contributed by atoms with Gasteiger partial charge in [-0.1, -0.05) is 11.8 Å². The fourth-order valence-corrected chi connectivity index (χ4v) is 4.72. The number of carbonyl (C=O) groups is 1. The van der Waals surface area contributed by atoms with Crippen molar-refractivity contribution in [2.45, 2.75) is 37.2 Å². The van der Waals surface area contributed by atoms with Gasteiger partial charge in [-0.15, -0.1) is 22.9 Å². The van der Waals surface area contributed by atoms with Crippen LogP contribution in [-0.4, -0.2) is 32.6 Å². The molecule has 0 unspecified atom stereocenters. The summed E-state index contributed by atoms with van der Waals surface area (Å²) < 4.78 is 0. The summed E-state index contributed by atoms with van der Waals surface area (Å²) in [6, 6.07) is 7.21. The number of pyridine rings is 1. The smallest absolute Gasteiger partial charge is 0.345 e. The first-order valence-corrected chi connectivity index (χ1v) is 9.85. The molecule has 0 aromatic carbocycles. The molecule has 4 nitrogen and oxygen atoms in total. The van der Waals surface area contributed by atoms with E-state index in [1.54, 1.807) is 18.5 Å². The molecule has 0 saturated heterocycles. The number of aromatic carboxylic acids is 1. The topological polar surface area (TPSA) is 70.4 Å². The quantitative estimate of drug-likeness (QED) is 0.602. The lowest BCUT2D eigenvalue weighted by Crippen LogP contribution is -2.19. The lowest BCUT2D eigenvalue weighted by atomic mass is 9.90. The van der Waals surface area contributed by atoms with E-state index in [0.29, 0.717) is 11.3 Å². The third-order valence-electron chi connectivity index (χ3n) is 4.70. The van der Waals surface area contributed by atoms with Crippen molar-refractivity contribution in [2.75, 3.05) is 0 Å². The predicted molar refractivity (Wildman–Crippen MR) is 103 cm³/mol. The van der Waals surface area contributed by atoms with Crippen LogP contribution in [0.3, 0.4) is 0 Å². The molecule has 136 valence electrons. The average Bonchev–Trinajstić information content (AvgIpc) is 3.19. The summed E-state index contributed by atoms with van der Waals surface area (Å²) in [4.78, 5) is 16.4. The number of thiophene rings is 1. The molecule has 1 aliphatic rings. The van der Waals surface area contributed by atoms with Crippen molar-refractivity contribution in [2.24, 2.45) is 11.8 Å². The molecule has 1 aliphatic carbocycles. The van der Waals surface area contributed by atoms with Gasteiger partial charge in [0.05, 0.1) is 12.0 Å². The highest BCUT2D eigenvalue weighted by Crippen LogP contribution is 2.39. The number of aliphatic hydroxyl groups is 1. The molecule has 2 heterocycles. The van der Waals surface area contributed by atoms with Gasteiger partial charge in [0.15, 0.2) is 0 Å². The van der Waals surface area contributed by atoms with E-state index < -0.39 is 12.1 Å². The molecule has 2 aromatic rings. The number of carboxylic acids is 1. The number of rotatable bonds is 5. The number of hydrogen-bond acceptors (Lipinski definition) is 4. The number of hydrogen-bond donors (Lipinski definition) is 2. The van der Waals surface area contributed by atoms with Gasteiger partial charge in [-0.3, -0.25) is 4.98 Å². The van der Waals surface area contributed by atoms with Gasteiger partial charge < -0.3 is 10.2 Å². The molecule has 0 bridgehead atoms. The van der Waals surface area contributed by atoms with Crippen molar-refractivity contribution in [1.82, 2.24) is 4.98 Å². The van der Waals surface area contributed by atoms with Crippen molar-refractivity contribution in [3.63, 3.8) is 0 Å². The molecule has 4 atom stereocenters. The highest BCUT2D eigenvalue weighted by atomic mass is 35.5. The van der Waals surface area contributed by atoms with Crippen LogP contribution in [-0.2, 0) is 6.42 Å². The Morgan fingerprint density at radius 1 is 1.31 bits per heavy atom. The van der Waals surface area contributed by atoms with Crippen molar-refractivity contribution >= 4 is 28.9 Å². The summed E-state index contributed by atoms with van der Waals surface area (Å²) >= 11 is 7.78. The van der Waals surface area contributed by atoms with E-state index in [2.05, 4.69) is 16.8 Å². The Labute approximate surface area is 161 Å². The van der Waals surface area contributed by atoms with Gasteiger partial charge in [0.1, 0.15) is 4.88 Å². The number of halogens is 1. The van der Waals surface area contributed by atoms with E-state index in [-0.39, 0.29) is 17.2 Å². The molecule has 0 aliphatic heterocycles. The third kappa shape index (κ3) is 4.64. The lowest BCUT2D eigenvalue weighted by molar-refractivity contribution is 0.0702. The summed E-state index contributed by atoms with van der Waals surface area (Å²) in [6.45, 7) is 0. The van der Waals surface area contributed by atoms with Gasteiger partial charge in [-0.2, -0.15) is 0 Å². The normalized spacial score (nSPS) is 24.8. The first-order valence-electron chi connectivity index (χ1n) is 8.60. The van der Waals surface area contributed by atoms with Crippen LogP contribution in [0, 0.1) is 23.7 Å². The summed E-state index contributed by atoms with van der Waals surface area (Å²) in [6.07, 6.45) is 6.03. The Morgan fingerprint density at radius 3 is 2.77 bits per heavy atom. The van der Waals surface area contributed by atoms with Gasteiger partial charge >= 0.3 is 5.97 Å². The number of nitrogens with zero attached hydrogens (tertiary/aromatic N) is 1. The monoisotopic (exact) mass is 389 g/mol. The molecular weight excluding hydrogens is 370 g/mol. The van der Waals surface area contributed by atoms with Crippen LogP contribution in [0.25, 0.3) is 0 Å². The molecule has 6 heteroatoms. The second-order valence-corrected chi connectivity index (χ2v) is 8.21. The largest absolute Gasteiger partial charge is 0.477 e. The Morgan fingerprint density at radius 2 is 2.08 bits per heavy atom. The van der Waals surface area contributed by atoms with Gasteiger partial charge in [-0.25, -0.2) is 4.79 Å². The Hall–Kier alpha value is -1.87. The first kappa shape index (κ1) is 18.9. The summed E-state index contributed by atoms with van der Waals surface area (Å²) in [5.41, 5.74) is 0.878. The zero-order valence-corrected chi connectivity index (χ0v) is 15.7. The fourth-order valence-electron chi connectivity index (χ4n) is 3.37. The zero-order chi connectivity index (χ0) is 18.5. The third-order valence-corrected chi connectivity index (χ3v) is 6.34. The van der Waals surface area contributed by atoms with Crippen LogP contribution < -0.4 is 0 Å². The maximum Gasteiger partial charge on any atom is 0.345 e. The molecule has 1 saturated carbocycles. The molecular formula is C20H20ClNO3S. The Balaban J connectivity index is 1.61. The molecule has 1 fully saturated rings. The predicted octanol–water partition coefficient (Wildman–Crippen LogP) is 3.82. The average molecular weight is 390 g/mol. The van der Waals surface area contributed by atoms with E-state index in [4.69, 9.17) is 16.7 Å². The van der Waals surface area contributed by atoms with Crippen LogP contribution in [0.5, 0.6) is 0 Å². The van der Waals surface area contributed by atoms with E-state index >= 15 is 0 Å². The maximum absolute atomic E-state index is 11.0. The van der Waals surface area contributed by atoms with Crippen LogP contribution in [0.1, 0.15) is 39.4 Å². The van der Waals surface area contributed by atoms with E-state index in [1.807, 2.05) is 18.2 Å². The van der Waals surface area contributed by atoms with E-state index in [9.17, 15) is 9.90 Å². The molecule has 0 amide bonds. The molecule has 2 aromatic heterocycles.